The number of hydrogen-bond acceptors (Lipinski definition) is 5. The molecule has 2 unspecified atom stereocenters. The third kappa shape index (κ3) is 2.75. The number of carbonyl (C=O) groups is 1. The van der Waals surface area contributed by atoms with E-state index in [1.165, 1.54) is 11.0 Å². The van der Waals surface area contributed by atoms with Gasteiger partial charge in [-0.15, -0.1) is 5.10 Å². The molecule has 1 aromatic rings. The van der Waals surface area contributed by atoms with Crippen molar-refractivity contribution in [2.24, 2.45) is 5.73 Å². The van der Waals surface area contributed by atoms with Gasteiger partial charge in [0.25, 0.3) is 0 Å². The number of nitrogens with zero attached hydrogens (tertiary/aromatic N) is 4. The number of nitrogens with one attached hydrogen (secondary N) is 1. The molecule has 1 heterocycles. The van der Waals surface area contributed by atoms with E-state index in [2.05, 4.69) is 20.8 Å². The largest absolute Gasteiger partial charge is 0.350 e. The number of nitrogens with two attached hydrogens (primary N) is 1. The Hall–Kier alpha value is -1.50. The highest BCUT2D eigenvalue weighted by Crippen LogP contribution is 2.16. The van der Waals surface area contributed by atoms with Gasteiger partial charge in [0.15, 0.2) is 0 Å². The first-order valence-electron chi connectivity index (χ1n) is 5.51. The minimum atomic E-state index is -0.0883. The van der Waals surface area contributed by atoms with Crippen LogP contribution in [0.15, 0.2) is 6.33 Å². The fraction of sp³-hybridized carbons (Fsp3) is 0.778. The van der Waals surface area contributed by atoms with Gasteiger partial charge in [-0.2, -0.15) is 0 Å². The molecule has 2 atom stereocenters. The van der Waals surface area contributed by atoms with Gasteiger partial charge in [0.1, 0.15) is 12.9 Å². The second-order valence-electron chi connectivity index (χ2n) is 4.13. The maximum Gasteiger partial charge on any atom is 0.242 e. The van der Waals surface area contributed by atoms with Crippen molar-refractivity contribution in [1.82, 2.24) is 25.5 Å². The van der Waals surface area contributed by atoms with Crippen LogP contribution in [0.5, 0.6) is 0 Å². The minimum absolute atomic E-state index is 0.0755. The summed E-state index contributed by atoms with van der Waals surface area (Å²) in [6.45, 7) is 0.149. The molecule has 2 rings (SSSR count). The molecule has 0 aliphatic heterocycles. The van der Waals surface area contributed by atoms with Crippen molar-refractivity contribution in [3.63, 3.8) is 0 Å². The highest BCUT2D eigenvalue weighted by Gasteiger charge is 2.23. The predicted octanol–water partition coefficient (Wildman–Crippen LogP) is -0.941. The average Bonchev–Trinajstić information content (AvgIpc) is 2.74. The molecule has 0 aromatic carbocycles. The second kappa shape index (κ2) is 5.02. The van der Waals surface area contributed by atoms with Crippen LogP contribution in [0, 0.1) is 0 Å². The van der Waals surface area contributed by atoms with Gasteiger partial charge in [-0.05, 0) is 23.3 Å². The standard InChI is InChI=1S/C9H16N6O/c10-7-3-1-2-4-8(7)12-9(16)5-15-6-11-13-14-15/h6-8H,1-5,10H2,(H,12,16). The molecule has 0 bridgehead atoms. The molecule has 1 aliphatic carbocycles. The molecule has 0 saturated heterocycles. The molecular formula is C9H16N6O. The molecule has 7 heteroatoms. The summed E-state index contributed by atoms with van der Waals surface area (Å²) in [6, 6.07) is 0.171. The van der Waals surface area contributed by atoms with Gasteiger partial charge < -0.3 is 11.1 Å². The van der Waals surface area contributed by atoms with Gasteiger partial charge in [-0.1, -0.05) is 12.8 Å². The number of hydrogen-bond donors (Lipinski definition) is 2. The van der Waals surface area contributed by atoms with Crippen LogP contribution in [0.3, 0.4) is 0 Å². The molecule has 0 spiro atoms. The maximum absolute atomic E-state index is 11.6. The lowest BCUT2D eigenvalue weighted by Crippen LogP contribution is -2.50. The summed E-state index contributed by atoms with van der Waals surface area (Å²) in [5, 5.41) is 13.5. The first kappa shape index (κ1) is 11.0. The molecule has 16 heavy (non-hydrogen) atoms. The number of tetrazole rings is 1. The van der Waals surface area contributed by atoms with Gasteiger partial charge in [0.2, 0.25) is 5.91 Å². The van der Waals surface area contributed by atoms with E-state index in [4.69, 9.17) is 5.73 Å². The van der Waals surface area contributed by atoms with Crippen molar-refractivity contribution in [3.8, 4) is 0 Å². The SMILES string of the molecule is NC1CCCCC1NC(=O)Cn1cnnn1. The van der Waals surface area contributed by atoms with Gasteiger partial charge in [-0.25, -0.2) is 4.68 Å². The minimum Gasteiger partial charge on any atom is -0.350 e. The van der Waals surface area contributed by atoms with E-state index in [0.717, 1.165) is 25.7 Å². The lowest BCUT2D eigenvalue weighted by Gasteiger charge is -2.29. The van der Waals surface area contributed by atoms with Crippen molar-refractivity contribution in [3.05, 3.63) is 6.33 Å². The zero-order chi connectivity index (χ0) is 11.4. The van der Waals surface area contributed by atoms with Crippen LogP contribution in [-0.2, 0) is 11.3 Å². The highest BCUT2D eigenvalue weighted by atomic mass is 16.2. The number of aromatic nitrogens is 4. The molecule has 1 fully saturated rings. The van der Waals surface area contributed by atoms with Crippen molar-refractivity contribution in [1.29, 1.82) is 0 Å². The fourth-order valence-corrected chi connectivity index (χ4v) is 1.99. The Morgan fingerprint density at radius 3 is 3.00 bits per heavy atom. The Morgan fingerprint density at radius 1 is 1.50 bits per heavy atom. The van der Waals surface area contributed by atoms with Gasteiger partial charge >= 0.3 is 0 Å². The molecule has 1 amide bonds. The van der Waals surface area contributed by atoms with Crippen molar-refractivity contribution in [2.45, 2.75) is 44.3 Å². The van der Waals surface area contributed by atoms with Crippen LogP contribution in [-0.4, -0.2) is 38.2 Å². The van der Waals surface area contributed by atoms with Crippen LogP contribution in [0.25, 0.3) is 0 Å². The van der Waals surface area contributed by atoms with E-state index in [9.17, 15) is 4.79 Å². The third-order valence-electron chi connectivity index (χ3n) is 2.86. The van der Waals surface area contributed by atoms with Crippen LogP contribution < -0.4 is 11.1 Å². The summed E-state index contributed by atoms with van der Waals surface area (Å²) >= 11 is 0. The third-order valence-corrected chi connectivity index (χ3v) is 2.86. The zero-order valence-corrected chi connectivity index (χ0v) is 9.04. The van der Waals surface area contributed by atoms with Gasteiger partial charge in [0.05, 0.1) is 0 Å². The Bertz CT molecular complexity index is 338. The van der Waals surface area contributed by atoms with Crippen LogP contribution in [0.4, 0.5) is 0 Å². The summed E-state index contributed by atoms with van der Waals surface area (Å²) in [6.07, 6.45) is 5.64. The summed E-state index contributed by atoms with van der Waals surface area (Å²) < 4.78 is 1.39. The molecule has 1 aromatic heterocycles. The summed E-state index contributed by atoms with van der Waals surface area (Å²) in [5.74, 6) is -0.0883. The van der Waals surface area contributed by atoms with Crippen LogP contribution in [0.2, 0.25) is 0 Å². The molecule has 88 valence electrons. The lowest BCUT2D eigenvalue weighted by molar-refractivity contribution is -0.122. The first-order valence-corrected chi connectivity index (χ1v) is 5.51. The number of amides is 1. The Labute approximate surface area is 93.4 Å². The monoisotopic (exact) mass is 224 g/mol. The summed E-state index contributed by atoms with van der Waals surface area (Å²) in [5.41, 5.74) is 5.94. The molecule has 7 nitrogen and oxygen atoms in total. The Kier molecular flexibility index (Phi) is 3.45. The fourth-order valence-electron chi connectivity index (χ4n) is 1.99. The van der Waals surface area contributed by atoms with Crippen LogP contribution >= 0.6 is 0 Å². The quantitative estimate of drug-likeness (QED) is 0.690. The first-order chi connectivity index (χ1) is 7.75. The maximum atomic E-state index is 11.6. The Morgan fingerprint density at radius 2 is 2.31 bits per heavy atom. The molecule has 1 saturated carbocycles. The Balaban J connectivity index is 1.82. The summed E-state index contributed by atoms with van der Waals surface area (Å²) in [7, 11) is 0. The molecule has 1 aliphatic rings. The van der Waals surface area contributed by atoms with Gasteiger partial charge in [-0.3, -0.25) is 4.79 Å². The van der Waals surface area contributed by atoms with E-state index < -0.39 is 0 Å². The zero-order valence-electron chi connectivity index (χ0n) is 9.04. The number of carbonyl (C=O) groups excluding carboxylic acids is 1. The van der Waals surface area contributed by atoms with Crippen molar-refractivity contribution in [2.75, 3.05) is 0 Å². The summed E-state index contributed by atoms with van der Waals surface area (Å²) in [4.78, 5) is 11.6. The smallest absolute Gasteiger partial charge is 0.242 e. The van der Waals surface area contributed by atoms with E-state index >= 15 is 0 Å². The molecular weight excluding hydrogens is 208 g/mol. The van der Waals surface area contributed by atoms with E-state index in [-0.39, 0.29) is 24.5 Å². The van der Waals surface area contributed by atoms with E-state index in [1.807, 2.05) is 0 Å². The average molecular weight is 224 g/mol. The van der Waals surface area contributed by atoms with Gasteiger partial charge in [0, 0.05) is 12.1 Å². The van der Waals surface area contributed by atoms with E-state index in [1.54, 1.807) is 0 Å². The topological polar surface area (TPSA) is 98.7 Å². The number of rotatable bonds is 3. The van der Waals surface area contributed by atoms with Crippen LogP contribution in [0.1, 0.15) is 25.7 Å². The molecule has 3 N–H and O–H groups in total. The van der Waals surface area contributed by atoms with Crippen molar-refractivity contribution < 1.29 is 4.79 Å². The second-order valence-corrected chi connectivity index (χ2v) is 4.13. The molecule has 0 radical (unpaired) electrons. The highest BCUT2D eigenvalue weighted by molar-refractivity contribution is 5.76. The van der Waals surface area contributed by atoms with E-state index in [0.29, 0.717) is 0 Å². The predicted molar refractivity (Wildman–Crippen MR) is 56.2 cm³/mol. The lowest BCUT2D eigenvalue weighted by atomic mass is 9.91. The van der Waals surface area contributed by atoms with Crippen molar-refractivity contribution >= 4 is 5.91 Å². The normalized spacial score (nSPS) is 25.3.